The van der Waals surface area contributed by atoms with Crippen molar-refractivity contribution >= 4 is 22.4 Å². The zero-order valence-corrected chi connectivity index (χ0v) is 16.4. The van der Waals surface area contributed by atoms with Gasteiger partial charge in [0.1, 0.15) is 6.04 Å². The van der Waals surface area contributed by atoms with Gasteiger partial charge >= 0.3 is 0 Å². The van der Waals surface area contributed by atoms with Gasteiger partial charge in [-0.3, -0.25) is 4.79 Å². The van der Waals surface area contributed by atoms with Gasteiger partial charge in [-0.15, -0.1) is 0 Å². The number of nitrogens with one attached hydrogen (secondary N) is 2. The van der Waals surface area contributed by atoms with E-state index in [0.717, 1.165) is 33.3 Å². The molecule has 0 fully saturated rings. The van der Waals surface area contributed by atoms with Gasteiger partial charge in [-0.1, -0.05) is 54.1 Å². The molecule has 1 atom stereocenters. The van der Waals surface area contributed by atoms with Gasteiger partial charge in [0.2, 0.25) is 0 Å². The van der Waals surface area contributed by atoms with E-state index in [1.54, 1.807) is 0 Å². The van der Waals surface area contributed by atoms with Gasteiger partial charge < -0.3 is 10.3 Å². The summed E-state index contributed by atoms with van der Waals surface area (Å²) in [4.78, 5) is 16.8. The Morgan fingerprint density at radius 3 is 2.32 bits per heavy atom. The molecule has 0 amide bonds. The van der Waals surface area contributed by atoms with E-state index in [-0.39, 0.29) is 5.78 Å². The van der Waals surface area contributed by atoms with Crippen LogP contribution >= 0.6 is 0 Å². The lowest BCUT2D eigenvalue weighted by atomic mass is 9.95. The average molecular weight is 368 g/mol. The number of rotatable bonds is 5. The summed E-state index contributed by atoms with van der Waals surface area (Å²) in [7, 11) is 0. The van der Waals surface area contributed by atoms with E-state index >= 15 is 0 Å². The van der Waals surface area contributed by atoms with Crippen LogP contribution < -0.4 is 5.32 Å². The van der Waals surface area contributed by atoms with Crippen molar-refractivity contribution in [2.75, 3.05) is 5.32 Å². The fourth-order valence-corrected chi connectivity index (χ4v) is 3.57. The molecule has 0 saturated heterocycles. The van der Waals surface area contributed by atoms with E-state index in [1.165, 1.54) is 5.56 Å². The van der Waals surface area contributed by atoms with Crippen LogP contribution in [0.1, 0.15) is 38.7 Å². The number of aromatic nitrogens is 1. The molecular weight excluding hydrogens is 344 g/mol. The van der Waals surface area contributed by atoms with Gasteiger partial charge in [0, 0.05) is 33.9 Å². The highest BCUT2D eigenvalue weighted by atomic mass is 16.1. The van der Waals surface area contributed by atoms with E-state index in [9.17, 15) is 4.79 Å². The molecule has 0 radical (unpaired) electrons. The maximum absolute atomic E-state index is 13.5. The molecule has 3 nitrogen and oxygen atoms in total. The van der Waals surface area contributed by atoms with Crippen molar-refractivity contribution in [1.82, 2.24) is 4.98 Å². The molecular formula is C25H24N2O. The van der Waals surface area contributed by atoms with Gasteiger partial charge in [-0.25, -0.2) is 0 Å². The van der Waals surface area contributed by atoms with E-state index in [4.69, 9.17) is 0 Å². The van der Waals surface area contributed by atoms with Gasteiger partial charge in [-0.05, 0) is 50.1 Å². The molecule has 0 aliphatic rings. The minimum Gasteiger partial charge on any atom is -0.371 e. The Balaban J connectivity index is 1.80. The molecule has 3 heteroatoms. The summed E-state index contributed by atoms with van der Waals surface area (Å²) >= 11 is 0. The van der Waals surface area contributed by atoms with E-state index in [2.05, 4.69) is 54.5 Å². The molecule has 4 aromatic rings. The van der Waals surface area contributed by atoms with Crippen molar-refractivity contribution in [3.63, 3.8) is 0 Å². The number of carbonyl (C=O) groups is 1. The number of hydrogen-bond acceptors (Lipinski definition) is 2. The molecule has 0 bridgehead atoms. The third-order valence-electron chi connectivity index (χ3n) is 5.11. The van der Waals surface area contributed by atoms with Crippen molar-refractivity contribution in [3.05, 3.63) is 101 Å². The third-order valence-corrected chi connectivity index (χ3v) is 5.11. The number of carbonyl (C=O) groups excluding carboxylic acids is 1. The fraction of sp³-hybridized carbons (Fsp3) is 0.160. The van der Waals surface area contributed by atoms with E-state index < -0.39 is 6.04 Å². The molecule has 3 aromatic carbocycles. The molecule has 0 aliphatic carbocycles. The summed E-state index contributed by atoms with van der Waals surface area (Å²) in [5, 5.41) is 4.54. The monoisotopic (exact) mass is 368 g/mol. The lowest BCUT2D eigenvalue weighted by Gasteiger charge is -2.19. The molecule has 2 N–H and O–H groups in total. The zero-order valence-electron chi connectivity index (χ0n) is 16.4. The number of aryl methyl sites for hydroxylation is 3. The summed E-state index contributed by atoms with van der Waals surface area (Å²) in [5.41, 5.74) is 7.13. The van der Waals surface area contributed by atoms with Crippen LogP contribution in [0.25, 0.3) is 10.9 Å². The van der Waals surface area contributed by atoms with Crippen molar-refractivity contribution in [1.29, 1.82) is 0 Å². The average Bonchev–Trinajstić information content (AvgIpc) is 3.09. The van der Waals surface area contributed by atoms with Crippen LogP contribution in [-0.2, 0) is 0 Å². The summed E-state index contributed by atoms with van der Waals surface area (Å²) in [6, 6.07) is 21.7. The molecule has 1 aromatic heterocycles. The summed E-state index contributed by atoms with van der Waals surface area (Å²) < 4.78 is 0. The lowest BCUT2D eigenvalue weighted by molar-refractivity contribution is 0.0970. The van der Waals surface area contributed by atoms with E-state index in [1.807, 2.05) is 49.5 Å². The Bertz CT molecular complexity index is 1140. The standard InChI is InChI=1S/C25H24N2O/c1-16-7-10-19(11-8-16)25(28)24(27-20-6-4-5-17(2)13-20)22-15-26-23-14-18(3)9-12-21(22)23/h4-15,24,26-27H,1-3H3. The second-order valence-corrected chi connectivity index (χ2v) is 7.47. The molecule has 28 heavy (non-hydrogen) atoms. The predicted octanol–water partition coefficient (Wildman–Crippen LogP) is 6.13. The first-order valence-corrected chi connectivity index (χ1v) is 9.53. The minimum absolute atomic E-state index is 0.0583. The summed E-state index contributed by atoms with van der Waals surface area (Å²) in [6.07, 6.45) is 1.95. The van der Waals surface area contributed by atoms with E-state index in [0.29, 0.717) is 5.56 Å². The Kier molecular flexibility index (Phi) is 4.74. The van der Waals surface area contributed by atoms with Gasteiger partial charge in [0.15, 0.2) is 5.78 Å². The Labute approximate surface area is 165 Å². The van der Waals surface area contributed by atoms with Crippen molar-refractivity contribution in [3.8, 4) is 0 Å². The lowest BCUT2D eigenvalue weighted by Crippen LogP contribution is -2.21. The number of hydrogen-bond donors (Lipinski definition) is 2. The van der Waals surface area contributed by atoms with Crippen molar-refractivity contribution in [2.45, 2.75) is 26.8 Å². The summed E-state index contributed by atoms with van der Waals surface area (Å²) in [5.74, 6) is 0.0583. The van der Waals surface area contributed by atoms with Crippen LogP contribution in [0.4, 0.5) is 5.69 Å². The second-order valence-electron chi connectivity index (χ2n) is 7.47. The number of benzene rings is 3. The smallest absolute Gasteiger partial charge is 0.189 e. The highest BCUT2D eigenvalue weighted by Gasteiger charge is 2.25. The predicted molar refractivity (Wildman–Crippen MR) is 116 cm³/mol. The Morgan fingerprint density at radius 2 is 1.57 bits per heavy atom. The molecule has 0 spiro atoms. The number of H-pyrrole nitrogens is 1. The van der Waals surface area contributed by atoms with Crippen LogP contribution in [0.3, 0.4) is 0 Å². The molecule has 1 heterocycles. The molecule has 1 unspecified atom stereocenters. The molecule has 4 rings (SSSR count). The minimum atomic E-state index is -0.471. The first kappa shape index (κ1) is 18.1. The zero-order chi connectivity index (χ0) is 19.7. The van der Waals surface area contributed by atoms with Crippen molar-refractivity contribution < 1.29 is 4.79 Å². The van der Waals surface area contributed by atoms with Gasteiger partial charge in [0.25, 0.3) is 0 Å². The molecule has 140 valence electrons. The van der Waals surface area contributed by atoms with Crippen LogP contribution in [0.5, 0.6) is 0 Å². The number of aromatic amines is 1. The summed E-state index contributed by atoms with van der Waals surface area (Å²) in [6.45, 7) is 6.15. The third kappa shape index (κ3) is 3.56. The molecule has 0 saturated carbocycles. The van der Waals surface area contributed by atoms with Crippen LogP contribution in [0, 0.1) is 20.8 Å². The van der Waals surface area contributed by atoms with Crippen LogP contribution in [-0.4, -0.2) is 10.8 Å². The normalized spacial score (nSPS) is 12.1. The number of anilines is 1. The van der Waals surface area contributed by atoms with Crippen LogP contribution in [0.2, 0.25) is 0 Å². The highest BCUT2D eigenvalue weighted by Crippen LogP contribution is 2.30. The highest BCUT2D eigenvalue weighted by molar-refractivity contribution is 6.04. The largest absolute Gasteiger partial charge is 0.371 e. The van der Waals surface area contributed by atoms with Crippen molar-refractivity contribution in [2.24, 2.45) is 0 Å². The van der Waals surface area contributed by atoms with Gasteiger partial charge in [-0.2, -0.15) is 0 Å². The first-order chi connectivity index (χ1) is 13.5. The first-order valence-electron chi connectivity index (χ1n) is 9.53. The fourth-order valence-electron chi connectivity index (χ4n) is 3.57. The maximum Gasteiger partial charge on any atom is 0.189 e. The number of fused-ring (bicyclic) bond motifs is 1. The number of Topliss-reactive ketones (excluding diaryl/α,β-unsaturated/α-hetero) is 1. The second kappa shape index (κ2) is 7.35. The quantitative estimate of drug-likeness (QED) is 0.416. The molecule has 0 aliphatic heterocycles. The maximum atomic E-state index is 13.5. The topological polar surface area (TPSA) is 44.9 Å². The number of ketones is 1. The Morgan fingerprint density at radius 1 is 0.857 bits per heavy atom. The van der Waals surface area contributed by atoms with Gasteiger partial charge in [0.05, 0.1) is 0 Å². The Hall–Kier alpha value is -3.33. The SMILES string of the molecule is Cc1ccc(C(=O)C(Nc2cccc(C)c2)c2c[nH]c3cc(C)ccc23)cc1. The van der Waals surface area contributed by atoms with Crippen LogP contribution in [0.15, 0.2) is 72.9 Å².